The van der Waals surface area contributed by atoms with E-state index in [0.29, 0.717) is 0 Å². The molecule has 2 atom stereocenters. The van der Waals surface area contributed by atoms with Gasteiger partial charge in [0.05, 0.1) is 0 Å². The summed E-state index contributed by atoms with van der Waals surface area (Å²) in [5.41, 5.74) is 10.8. The van der Waals surface area contributed by atoms with Crippen LogP contribution < -0.4 is 5.73 Å². The SMILES string of the molecule is CCC1CCCC(N)(c2cccc(C)c2C)C1. The lowest BCUT2D eigenvalue weighted by molar-refractivity contribution is 0.220. The van der Waals surface area contributed by atoms with E-state index in [1.54, 1.807) is 0 Å². The van der Waals surface area contributed by atoms with E-state index in [1.807, 2.05) is 0 Å². The molecule has 2 N–H and O–H groups in total. The predicted molar refractivity (Wildman–Crippen MR) is 74.0 cm³/mol. The van der Waals surface area contributed by atoms with Crippen LogP contribution >= 0.6 is 0 Å². The summed E-state index contributed by atoms with van der Waals surface area (Å²) in [6.07, 6.45) is 6.22. The summed E-state index contributed by atoms with van der Waals surface area (Å²) in [6, 6.07) is 6.57. The molecule has 0 aromatic heterocycles. The highest BCUT2D eigenvalue weighted by Gasteiger charge is 2.34. The van der Waals surface area contributed by atoms with Crippen molar-refractivity contribution in [3.8, 4) is 0 Å². The largest absolute Gasteiger partial charge is 0.321 e. The zero-order chi connectivity index (χ0) is 12.5. The molecule has 1 saturated carbocycles. The van der Waals surface area contributed by atoms with Crippen LogP contribution in [0.5, 0.6) is 0 Å². The van der Waals surface area contributed by atoms with Crippen molar-refractivity contribution in [2.24, 2.45) is 11.7 Å². The molecule has 0 saturated heterocycles. The maximum Gasteiger partial charge on any atom is 0.0415 e. The zero-order valence-electron chi connectivity index (χ0n) is 11.4. The second kappa shape index (κ2) is 4.81. The Hall–Kier alpha value is -0.820. The molecule has 1 aromatic carbocycles. The van der Waals surface area contributed by atoms with Crippen LogP contribution in [0.3, 0.4) is 0 Å². The van der Waals surface area contributed by atoms with E-state index >= 15 is 0 Å². The van der Waals surface area contributed by atoms with Crippen molar-refractivity contribution in [3.05, 3.63) is 34.9 Å². The van der Waals surface area contributed by atoms with Crippen LogP contribution in [-0.4, -0.2) is 0 Å². The molecular formula is C16H25N. The first kappa shape index (κ1) is 12.6. The van der Waals surface area contributed by atoms with Crippen molar-refractivity contribution < 1.29 is 0 Å². The Morgan fingerprint density at radius 1 is 1.35 bits per heavy atom. The van der Waals surface area contributed by atoms with Crippen LogP contribution in [0.25, 0.3) is 0 Å². The summed E-state index contributed by atoms with van der Waals surface area (Å²) in [6.45, 7) is 6.69. The van der Waals surface area contributed by atoms with E-state index in [0.717, 1.165) is 18.8 Å². The minimum Gasteiger partial charge on any atom is -0.321 e. The van der Waals surface area contributed by atoms with Gasteiger partial charge in [-0.2, -0.15) is 0 Å². The Labute approximate surface area is 105 Å². The molecule has 1 heteroatoms. The van der Waals surface area contributed by atoms with Gasteiger partial charge in [0, 0.05) is 5.54 Å². The molecule has 0 heterocycles. The Bertz CT molecular complexity index is 397. The quantitative estimate of drug-likeness (QED) is 0.816. The lowest BCUT2D eigenvalue weighted by atomic mass is 9.70. The maximum atomic E-state index is 6.72. The first-order valence-electron chi connectivity index (χ1n) is 6.92. The van der Waals surface area contributed by atoms with Crippen molar-refractivity contribution in [1.29, 1.82) is 0 Å². The molecule has 1 fully saturated rings. The van der Waals surface area contributed by atoms with E-state index in [-0.39, 0.29) is 5.54 Å². The predicted octanol–water partition coefficient (Wildman–Crippen LogP) is 4.06. The van der Waals surface area contributed by atoms with Crippen molar-refractivity contribution >= 4 is 0 Å². The summed E-state index contributed by atoms with van der Waals surface area (Å²) in [4.78, 5) is 0. The third kappa shape index (κ3) is 2.40. The molecule has 0 amide bonds. The lowest BCUT2D eigenvalue weighted by Crippen LogP contribution is -2.42. The summed E-state index contributed by atoms with van der Waals surface area (Å²) in [5, 5.41) is 0. The Balaban J connectivity index is 2.33. The van der Waals surface area contributed by atoms with Gasteiger partial charge in [0.2, 0.25) is 0 Å². The molecule has 0 spiro atoms. The third-order valence-electron chi connectivity index (χ3n) is 4.61. The third-order valence-corrected chi connectivity index (χ3v) is 4.61. The second-order valence-electron chi connectivity index (χ2n) is 5.77. The number of benzene rings is 1. The number of nitrogens with two attached hydrogens (primary N) is 1. The molecule has 1 aromatic rings. The van der Waals surface area contributed by atoms with Gasteiger partial charge >= 0.3 is 0 Å². The van der Waals surface area contributed by atoms with Gasteiger partial charge in [0.1, 0.15) is 0 Å². The molecule has 0 aliphatic heterocycles. The van der Waals surface area contributed by atoms with Gasteiger partial charge in [0.15, 0.2) is 0 Å². The summed E-state index contributed by atoms with van der Waals surface area (Å²) < 4.78 is 0. The standard InChI is InChI=1S/C16H25N/c1-4-14-8-6-10-16(17,11-14)15-9-5-7-12(2)13(15)3/h5,7,9,14H,4,6,8,10-11,17H2,1-3H3. The molecule has 1 aliphatic rings. The van der Waals surface area contributed by atoms with Gasteiger partial charge in [-0.25, -0.2) is 0 Å². The van der Waals surface area contributed by atoms with E-state index in [9.17, 15) is 0 Å². The van der Waals surface area contributed by atoms with Crippen LogP contribution in [0.1, 0.15) is 55.7 Å². The van der Waals surface area contributed by atoms with Crippen LogP contribution in [0, 0.1) is 19.8 Å². The van der Waals surface area contributed by atoms with E-state index in [1.165, 1.54) is 36.0 Å². The molecule has 1 aliphatic carbocycles. The fourth-order valence-corrected chi connectivity index (χ4v) is 3.31. The van der Waals surface area contributed by atoms with E-state index < -0.39 is 0 Å². The normalized spacial score (nSPS) is 29.3. The van der Waals surface area contributed by atoms with Gasteiger partial charge in [-0.05, 0) is 49.3 Å². The molecule has 2 unspecified atom stereocenters. The number of aryl methyl sites for hydroxylation is 1. The molecule has 1 nitrogen and oxygen atoms in total. The van der Waals surface area contributed by atoms with Gasteiger partial charge in [-0.1, -0.05) is 44.4 Å². The Kier molecular flexibility index (Phi) is 3.58. The smallest absolute Gasteiger partial charge is 0.0415 e. The number of rotatable bonds is 2. The number of hydrogen-bond donors (Lipinski definition) is 1. The average molecular weight is 231 g/mol. The monoisotopic (exact) mass is 231 g/mol. The molecule has 94 valence electrons. The van der Waals surface area contributed by atoms with Crippen LogP contribution in [0.4, 0.5) is 0 Å². The van der Waals surface area contributed by atoms with Crippen molar-refractivity contribution in [3.63, 3.8) is 0 Å². The van der Waals surface area contributed by atoms with Gasteiger partial charge in [0.25, 0.3) is 0 Å². The Morgan fingerprint density at radius 2 is 2.12 bits per heavy atom. The topological polar surface area (TPSA) is 26.0 Å². The van der Waals surface area contributed by atoms with Crippen LogP contribution in [0.2, 0.25) is 0 Å². The van der Waals surface area contributed by atoms with Gasteiger partial charge in [-0.3, -0.25) is 0 Å². The maximum absolute atomic E-state index is 6.72. The lowest BCUT2D eigenvalue weighted by Gasteiger charge is -2.39. The van der Waals surface area contributed by atoms with Crippen molar-refractivity contribution in [1.82, 2.24) is 0 Å². The minimum absolute atomic E-state index is 0.0744. The van der Waals surface area contributed by atoms with Gasteiger partial charge in [-0.15, -0.1) is 0 Å². The average Bonchev–Trinajstić information content (AvgIpc) is 2.32. The molecule has 17 heavy (non-hydrogen) atoms. The van der Waals surface area contributed by atoms with Crippen LogP contribution in [-0.2, 0) is 5.54 Å². The van der Waals surface area contributed by atoms with E-state index in [4.69, 9.17) is 5.73 Å². The molecule has 2 rings (SSSR count). The van der Waals surface area contributed by atoms with Crippen molar-refractivity contribution in [2.45, 2.75) is 58.4 Å². The second-order valence-corrected chi connectivity index (χ2v) is 5.77. The number of hydrogen-bond acceptors (Lipinski definition) is 1. The highest BCUT2D eigenvalue weighted by atomic mass is 14.8. The fourth-order valence-electron chi connectivity index (χ4n) is 3.31. The highest BCUT2D eigenvalue weighted by Crippen LogP contribution is 2.40. The first-order chi connectivity index (χ1) is 8.07. The zero-order valence-corrected chi connectivity index (χ0v) is 11.4. The molecule has 0 bridgehead atoms. The fraction of sp³-hybridized carbons (Fsp3) is 0.625. The van der Waals surface area contributed by atoms with Gasteiger partial charge < -0.3 is 5.73 Å². The summed E-state index contributed by atoms with van der Waals surface area (Å²) in [7, 11) is 0. The Morgan fingerprint density at radius 3 is 2.82 bits per heavy atom. The van der Waals surface area contributed by atoms with Crippen molar-refractivity contribution in [2.75, 3.05) is 0 Å². The van der Waals surface area contributed by atoms with E-state index in [2.05, 4.69) is 39.0 Å². The minimum atomic E-state index is -0.0744. The van der Waals surface area contributed by atoms with Crippen LogP contribution in [0.15, 0.2) is 18.2 Å². The molecule has 0 radical (unpaired) electrons. The molecular weight excluding hydrogens is 206 g/mol. The summed E-state index contributed by atoms with van der Waals surface area (Å²) in [5.74, 6) is 0.814. The highest BCUT2D eigenvalue weighted by molar-refractivity contribution is 5.38. The first-order valence-corrected chi connectivity index (χ1v) is 6.92. The summed E-state index contributed by atoms with van der Waals surface area (Å²) >= 11 is 0.